The number of ether oxygens (including phenoxy) is 2. The van der Waals surface area contributed by atoms with Gasteiger partial charge in [0, 0.05) is 12.1 Å². The summed E-state index contributed by atoms with van der Waals surface area (Å²) in [6, 6.07) is 11.5. The highest BCUT2D eigenvalue weighted by molar-refractivity contribution is 7.16. The van der Waals surface area contributed by atoms with Crippen LogP contribution in [0.2, 0.25) is 0 Å². The maximum absolute atomic E-state index is 12.1. The van der Waals surface area contributed by atoms with E-state index in [0.717, 1.165) is 33.0 Å². The summed E-state index contributed by atoms with van der Waals surface area (Å²) in [6.07, 6.45) is 1.07. The van der Waals surface area contributed by atoms with Crippen molar-refractivity contribution in [2.75, 3.05) is 12.1 Å². The van der Waals surface area contributed by atoms with E-state index < -0.39 is 0 Å². The van der Waals surface area contributed by atoms with Crippen LogP contribution < -0.4 is 14.8 Å². The molecule has 2 heterocycles. The molecule has 0 fully saturated rings. The lowest BCUT2D eigenvalue weighted by atomic mass is 10.1. The topological polar surface area (TPSA) is 60.5 Å². The van der Waals surface area contributed by atoms with E-state index in [1.54, 1.807) is 16.8 Å². The van der Waals surface area contributed by atoms with Gasteiger partial charge in [-0.05, 0) is 42.3 Å². The van der Waals surface area contributed by atoms with Crippen molar-refractivity contribution < 1.29 is 14.3 Å². The summed E-state index contributed by atoms with van der Waals surface area (Å²) in [4.78, 5) is 16.4. The number of anilines is 1. The van der Waals surface area contributed by atoms with Gasteiger partial charge < -0.3 is 14.8 Å². The number of hydrogen-bond acceptors (Lipinski definition) is 5. The first kappa shape index (κ1) is 14.0. The molecular weight excluding hydrogens is 312 g/mol. The third kappa shape index (κ3) is 2.98. The van der Waals surface area contributed by atoms with Gasteiger partial charge in [0.1, 0.15) is 0 Å². The number of amides is 1. The van der Waals surface area contributed by atoms with Crippen LogP contribution in [0.1, 0.15) is 12.0 Å². The summed E-state index contributed by atoms with van der Waals surface area (Å²) >= 11 is 1.59. The Hall–Kier alpha value is -2.60. The molecule has 0 radical (unpaired) electrons. The highest BCUT2D eigenvalue weighted by atomic mass is 32.1. The molecule has 2 aromatic carbocycles. The maximum atomic E-state index is 12.1. The normalized spacial score (nSPS) is 12.5. The van der Waals surface area contributed by atoms with Crippen molar-refractivity contribution in [2.45, 2.75) is 12.8 Å². The monoisotopic (exact) mass is 326 g/mol. The molecule has 6 heteroatoms. The number of aromatic nitrogens is 1. The average molecular weight is 326 g/mol. The molecule has 1 aliphatic rings. The molecule has 0 aliphatic carbocycles. The molecule has 1 N–H and O–H groups in total. The number of hydrogen-bond donors (Lipinski definition) is 1. The van der Waals surface area contributed by atoms with Crippen LogP contribution in [0, 0.1) is 0 Å². The summed E-state index contributed by atoms with van der Waals surface area (Å²) in [5, 5.41) is 2.92. The van der Waals surface area contributed by atoms with Crippen molar-refractivity contribution in [1.82, 2.24) is 4.98 Å². The molecule has 116 valence electrons. The van der Waals surface area contributed by atoms with Crippen molar-refractivity contribution in [2.24, 2.45) is 0 Å². The minimum Gasteiger partial charge on any atom is -0.454 e. The van der Waals surface area contributed by atoms with Crippen LogP contribution in [0.4, 0.5) is 5.69 Å². The van der Waals surface area contributed by atoms with Crippen LogP contribution in [0.25, 0.3) is 10.2 Å². The van der Waals surface area contributed by atoms with Gasteiger partial charge in [-0.25, -0.2) is 4.98 Å². The predicted octanol–water partition coefficient (Wildman–Crippen LogP) is 3.60. The molecule has 1 aromatic heterocycles. The third-order valence-electron chi connectivity index (χ3n) is 3.69. The quantitative estimate of drug-likeness (QED) is 0.796. The number of aryl methyl sites for hydroxylation is 1. The lowest BCUT2D eigenvalue weighted by Crippen LogP contribution is -2.12. The van der Waals surface area contributed by atoms with Crippen molar-refractivity contribution in [3.05, 3.63) is 47.5 Å². The zero-order valence-corrected chi connectivity index (χ0v) is 13.1. The SMILES string of the molecule is O=C(CCc1ccc2c(c1)OCO2)Nc1ccc2scnc2c1. The molecule has 0 bridgehead atoms. The number of nitrogens with zero attached hydrogens (tertiary/aromatic N) is 1. The van der Waals surface area contributed by atoms with Gasteiger partial charge in [0.2, 0.25) is 12.7 Å². The second kappa shape index (κ2) is 5.89. The molecular formula is C17H14N2O3S. The van der Waals surface area contributed by atoms with E-state index in [4.69, 9.17) is 9.47 Å². The highest BCUT2D eigenvalue weighted by Crippen LogP contribution is 2.32. The predicted molar refractivity (Wildman–Crippen MR) is 89.1 cm³/mol. The minimum absolute atomic E-state index is 0.0164. The van der Waals surface area contributed by atoms with Crippen LogP contribution in [-0.2, 0) is 11.2 Å². The molecule has 23 heavy (non-hydrogen) atoms. The van der Waals surface area contributed by atoms with Crippen LogP contribution >= 0.6 is 11.3 Å². The van der Waals surface area contributed by atoms with Crippen molar-refractivity contribution in [1.29, 1.82) is 0 Å². The van der Waals surface area contributed by atoms with Crippen LogP contribution in [0.15, 0.2) is 41.9 Å². The lowest BCUT2D eigenvalue weighted by molar-refractivity contribution is -0.116. The second-order valence-corrected chi connectivity index (χ2v) is 6.16. The first-order valence-corrected chi connectivity index (χ1v) is 8.17. The summed E-state index contributed by atoms with van der Waals surface area (Å²) in [5.41, 5.74) is 4.54. The zero-order valence-electron chi connectivity index (χ0n) is 12.2. The van der Waals surface area contributed by atoms with E-state index in [1.807, 2.05) is 36.4 Å². The summed E-state index contributed by atoms with van der Waals surface area (Å²) < 4.78 is 11.7. The van der Waals surface area contributed by atoms with E-state index in [9.17, 15) is 4.79 Å². The Kier molecular flexibility index (Phi) is 3.59. The summed E-state index contributed by atoms with van der Waals surface area (Å²) in [7, 11) is 0. The number of fused-ring (bicyclic) bond motifs is 2. The van der Waals surface area contributed by atoms with E-state index in [0.29, 0.717) is 12.8 Å². The van der Waals surface area contributed by atoms with Gasteiger partial charge in [0.25, 0.3) is 0 Å². The van der Waals surface area contributed by atoms with E-state index >= 15 is 0 Å². The molecule has 0 atom stereocenters. The van der Waals surface area contributed by atoms with E-state index in [2.05, 4.69) is 10.3 Å². The first-order valence-electron chi connectivity index (χ1n) is 7.29. The molecule has 5 nitrogen and oxygen atoms in total. The number of carbonyl (C=O) groups excluding carboxylic acids is 1. The Bertz CT molecular complexity index is 875. The van der Waals surface area contributed by atoms with Gasteiger partial charge in [-0.15, -0.1) is 11.3 Å². The largest absolute Gasteiger partial charge is 0.454 e. The smallest absolute Gasteiger partial charge is 0.231 e. The Morgan fingerprint density at radius 3 is 3.04 bits per heavy atom. The van der Waals surface area contributed by atoms with Gasteiger partial charge in [-0.1, -0.05) is 6.07 Å². The fourth-order valence-electron chi connectivity index (χ4n) is 2.51. The van der Waals surface area contributed by atoms with Crippen molar-refractivity contribution >= 4 is 33.1 Å². The summed E-state index contributed by atoms with van der Waals surface area (Å²) in [6.45, 7) is 0.262. The van der Waals surface area contributed by atoms with Crippen LogP contribution in [0.5, 0.6) is 11.5 Å². The molecule has 0 saturated heterocycles. The van der Waals surface area contributed by atoms with Crippen LogP contribution in [-0.4, -0.2) is 17.7 Å². The highest BCUT2D eigenvalue weighted by Gasteiger charge is 2.13. The second-order valence-electron chi connectivity index (χ2n) is 5.27. The lowest BCUT2D eigenvalue weighted by Gasteiger charge is -2.06. The zero-order chi connectivity index (χ0) is 15.6. The summed E-state index contributed by atoms with van der Waals surface area (Å²) in [5.74, 6) is 1.49. The number of carbonyl (C=O) groups is 1. The molecule has 3 aromatic rings. The third-order valence-corrected chi connectivity index (χ3v) is 4.50. The molecule has 0 saturated carbocycles. The number of rotatable bonds is 4. The number of nitrogens with one attached hydrogen (secondary N) is 1. The maximum Gasteiger partial charge on any atom is 0.231 e. The molecule has 4 rings (SSSR count). The fraction of sp³-hybridized carbons (Fsp3) is 0.176. The van der Waals surface area contributed by atoms with Crippen molar-refractivity contribution in [3.8, 4) is 11.5 Å². The number of thiazole rings is 1. The van der Waals surface area contributed by atoms with E-state index in [1.165, 1.54) is 0 Å². The van der Waals surface area contributed by atoms with Crippen molar-refractivity contribution in [3.63, 3.8) is 0 Å². The Morgan fingerprint density at radius 1 is 1.17 bits per heavy atom. The fourth-order valence-corrected chi connectivity index (χ4v) is 3.17. The Morgan fingerprint density at radius 2 is 2.09 bits per heavy atom. The molecule has 0 unspecified atom stereocenters. The molecule has 1 amide bonds. The Balaban J connectivity index is 1.38. The first-order chi connectivity index (χ1) is 11.3. The van der Waals surface area contributed by atoms with Gasteiger partial charge in [-0.3, -0.25) is 4.79 Å². The minimum atomic E-state index is -0.0164. The average Bonchev–Trinajstić information content (AvgIpc) is 3.20. The van der Waals surface area contributed by atoms with Gasteiger partial charge in [0.05, 0.1) is 15.7 Å². The number of benzene rings is 2. The standard InChI is InChI=1S/C17H14N2O3S/c20-17(19-12-3-5-16-13(8-12)18-9-23-16)6-2-11-1-4-14-15(7-11)22-10-21-14/h1,3-5,7-9H,2,6,10H2,(H,19,20). The Labute approximate surface area is 136 Å². The van der Waals surface area contributed by atoms with Crippen LogP contribution in [0.3, 0.4) is 0 Å². The van der Waals surface area contributed by atoms with Gasteiger partial charge in [0.15, 0.2) is 11.5 Å². The van der Waals surface area contributed by atoms with Gasteiger partial charge in [-0.2, -0.15) is 0 Å². The van der Waals surface area contributed by atoms with Gasteiger partial charge >= 0.3 is 0 Å². The van der Waals surface area contributed by atoms with E-state index in [-0.39, 0.29) is 12.7 Å². The molecule has 1 aliphatic heterocycles. The molecule has 0 spiro atoms.